The minimum Gasteiger partial charge on any atom is -0.387 e. The number of aromatic nitrogens is 1. The second kappa shape index (κ2) is 6.09. The standard InChI is InChI=1S/C12H14ClN3O2S2/c1-14-10-5-6-15-7-11(10)20(17,18)16(2)8-9-3-4-12(13)19-9/h3-7H,8H2,1-2H3,(H,14,15). The zero-order chi connectivity index (χ0) is 14.8. The highest BCUT2D eigenvalue weighted by molar-refractivity contribution is 7.89. The molecule has 0 unspecified atom stereocenters. The SMILES string of the molecule is CNc1ccncc1S(=O)(=O)N(C)Cc1ccc(Cl)s1. The van der Waals surface area contributed by atoms with E-state index in [0.29, 0.717) is 10.0 Å². The first-order chi connectivity index (χ1) is 9.45. The number of anilines is 1. The lowest BCUT2D eigenvalue weighted by Gasteiger charge is -2.18. The van der Waals surface area contributed by atoms with E-state index in [1.807, 2.05) is 6.07 Å². The number of rotatable bonds is 5. The molecule has 0 radical (unpaired) electrons. The van der Waals surface area contributed by atoms with Crippen LogP contribution in [0.25, 0.3) is 0 Å². The molecule has 20 heavy (non-hydrogen) atoms. The Kier molecular flexibility index (Phi) is 4.64. The van der Waals surface area contributed by atoms with Crippen LogP contribution in [0.15, 0.2) is 35.5 Å². The Morgan fingerprint density at radius 1 is 1.40 bits per heavy atom. The van der Waals surface area contributed by atoms with Gasteiger partial charge in [0.25, 0.3) is 0 Å². The predicted octanol–water partition coefficient (Wildman–Crippen LogP) is 2.66. The van der Waals surface area contributed by atoms with E-state index in [1.165, 1.54) is 28.9 Å². The van der Waals surface area contributed by atoms with Crippen molar-refractivity contribution in [3.05, 3.63) is 39.8 Å². The molecule has 108 valence electrons. The van der Waals surface area contributed by atoms with Gasteiger partial charge in [-0.2, -0.15) is 4.31 Å². The summed E-state index contributed by atoms with van der Waals surface area (Å²) in [6, 6.07) is 5.20. The van der Waals surface area contributed by atoms with E-state index >= 15 is 0 Å². The Morgan fingerprint density at radius 2 is 2.15 bits per heavy atom. The maximum atomic E-state index is 12.5. The van der Waals surface area contributed by atoms with Gasteiger partial charge in [0.2, 0.25) is 10.0 Å². The normalized spacial score (nSPS) is 11.8. The molecular weight excluding hydrogens is 318 g/mol. The largest absolute Gasteiger partial charge is 0.387 e. The number of thiophene rings is 1. The Bertz CT molecular complexity index is 700. The average molecular weight is 332 g/mol. The first-order valence-corrected chi connectivity index (χ1v) is 8.41. The molecule has 0 aliphatic rings. The van der Waals surface area contributed by atoms with E-state index in [-0.39, 0.29) is 11.4 Å². The predicted molar refractivity (Wildman–Crippen MR) is 81.8 cm³/mol. The van der Waals surface area contributed by atoms with Crippen molar-refractivity contribution in [1.82, 2.24) is 9.29 Å². The number of sulfonamides is 1. The van der Waals surface area contributed by atoms with Gasteiger partial charge < -0.3 is 5.32 Å². The monoisotopic (exact) mass is 331 g/mol. The molecule has 0 saturated heterocycles. The van der Waals surface area contributed by atoms with Crippen LogP contribution in [0.5, 0.6) is 0 Å². The summed E-state index contributed by atoms with van der Waals surface area (Å²) in [6.07, 6.45) is 2.89. The second-order valence-electron chi connectivity index (χ2n) is 4.09. The minimum atomic E-state index is -3.60. The van der Waals surface area contributed by atoms with Crippen molar-refractivity contribution in [3.8, 4) is 0 Å². The van der Waals surface area contributed by atoms with Crippen LogP contribution in [0.1, 0.15) is 4.88 Å². The number of nitrogens with zero attached hydrogens (tertiary/aromatic N) is 2. The van der Waals surface area contributed by atoms with Gasteiger partial charge in [0.1, 0.15) is 4.90 Å². The highest BCUT2D eigenvalue weighted by Crippen LogP contribution is 2.26. The van der Waals surface area contributed by atoms with Crippen LogP contribution in [0, 0.1) is 0 Å². The molecule has 2 rings (SSSR count). The van der Waals surface area contributed by atoms with Crippen LogP contribution < -0.4 is 5.32 Å². The molecule has 0 aromatic carbocycles. The maximum absolute atomic E-state index is 12.5. The van der Waals surface area contributed by atoms with Gasteiger partial charge in [-0.25, -0.2) is 8.42 Å². The van der Waals surface area contributed by atoms with E-state index in [9.17, 15) is 8.42 Å². The highest BCUT2D eigenvalue weighted by atomic mass is 35.5. The van der Waals surface area contributed by atoms with Gasteiger partial charge in [-0.1, -0.05) is 11.6 Å². The first-order valence-electron chi connectivity index (χ1n) is 5.77. The zero-order valence-electron chi connectivity index (χ0n) is 11.0. The van der Waals surface area contributed by atoms with Gasteiger partial charge in [-0.15, -0.1) is 11.3 Å². The van der Waals surface area contributed by atoms with Crippen molar-refractivity contribution in [1.29, 1.82) is 0 Å². The molecule has 2 heterocycles. The molecule has 0 spiro atoms. The molecule has 1 N–H and O–H groups in total. The van der Waals surface area contributed by atoms with E-state index in [2.05, 4.69) is 10.3 Å². The quantitative estimate of drug-likeness (QED) is 0.915. The first kappa shape index (κ1) is 15.2. The summed E-state index contributed by atoms with van der Waals surface area (Å²) in [5, 5.41) is 2.86. The lowest BCUT2D eigenvalue weighted by Crippen LogP contribution is -2.27. The minimum absolute atomic E-state index is 0.160. The molecule has 0 saturated carbocycles. The van der Waals surface area contributed by atoms with Crippen LogP contribution in [-0.4, -0.2) is 31.8 Å². The molecule has 0 fully saturated rings. The molecule has 0 bridgehead atoms. The van der Waals surface area contributed by atoms with Crippen molar-refractivity contribution >= 4 is 38.6 Å². The molecule has 2 aromatic heterocycles. The van der Waals surface area contributed by atoms with E-state index in [4.69, 9.17) is 11.6 Å². The fourth-order valence-corrected chi connectivity index (χ4v) is 4.21. The van der Waals surface area contributed by atoms with Crippen LogP contribution in [0.3, 0.4) is 0 Å². The molecule has 0 atom stereocenters. The van der Waals surface area contributed by atoms with Crippen LogP contribution in [-0.2, 0) is 16.6 Å². The van der Waals surface area contributed by atoms with Crippen LogP contribution >= 0.6 is 22.9 Å². The summed E-state index contributed by atoms with van der Waals surface area (Å²) in [6.45, 7) is 0.276. The van der Waals surface area contributed by atoms with Crippen LogP contribution in [0.4, 0.5) is 5.69 Å². The zero-order valence-corrected chi connectivity index (χ0v) is 13.4. The topological polar surface area (TPSA) is 62.3 Å². The van der Waals surface area contributed by atoms with Crippen molar-refractivity contribution in [3.63, 3.8) is 0 Å². The summed E-state index contributed by atoms with van der Waals surface area (Å²) in [7, 11) is -0.388. The number of halogens is 1. The summed E-state index contributed by atoms with van der Waals surface area (Å²) in [4.78, 5) is 4.93. The van der Waals surface area contributed by atoms with E-state index in [1.54, 1.807) is 25.4 Å². The fourth-order valence-electron chi connectivity index (χ4n) is 1.70. The third-order valence-corrected chi connectivity index (χ3v) is 5.80. The molecule has 0 amide bonds. The lowest BCUT2D eigenvalue weighted by atomic mass is 10.4. The summed E-state index contributed by atoms with van der Waals surface area (Å²) in [5.41, 5.74) is 0.524. The van der Waals surface area contributed by atoms with Crippen molar-refractivity contribution < 1.29 is 8.42 Å². The van der Waals surface area contributed by atoms with Crippen molar-refractivity contribution in [2.75, 3.05) is 19.4 Å². The number of hydrogen-bond acceptors (Lipinski definition) is 5. The molecule has 8 heteroatoms. The van der Waals surface area contributed by atoms with Crippen molar-refractivity contribution in [2.24, 2.45) is 0 Å². The summed E-state index contributed by atoms with van der Waals surface area (Å²) >= 11 is 7.22. The average Bonchev–Trinajstić information content (AvgIpc) is 2.84. The molecule has 0 aliphatic heterocycles. The number of pyridine rings is 1. The third kappa shape index (κ3) is 3.12. The van der Waals surface area contributed by atoms with Gasteiger partial charge in [0.05, 0.1) is 10.0 Å². The molecule has 2 aromatic rings. The summed E-state index contributed by atoms with van der Waals surface area (Å²) in [5.74, 6) is 0. The van der Waals surface area contributed by atoms with Gasteiger partial charge in [0.15, 0.2) is 0 Å². The van der Waals surface area contributed by atoms with Crippen LogP contribution in [0.2, 0.25) is 4.34 Å². The Balaban J connectivity index is 2.29. The molecule has 0 aliphatic carbocycles. The fraction of sp³-hybridized carbons (Fsp3) is 0.250. The second-order valence-corrected chi connectivity index (χ2v) is 7.90. The Hall–Kier alpha value is -1.15. The number of hydrogen-bond donors (Lipinski definition) is 1. The van der Waals surface area contributed by atoms with Gasteiger partial charge >= 0.3 is 0 Å². The van der Waals surface area contributed by atoms with E-state index in [0.717, 1.165) is 4.88 Å². The van der Waals surface area contributed by atoms with E-state index < -0.39 is 10.0 Å². The maximum Gasteiger partial charge on any atom is 0.246 e. The molecular formula is C12H14ClN3O2S2. The lowest BCUT2D eigenvalue weighted by molar-refractivity contribution is 0.469. The van der Waals surface area contributed by atoms with Gasteiger partial charge in [-0.05, 0) is 18.2 Å². The Labute approximate surface area is 127 Å². The highest BCUT2D eigenvalue weighted by Gasteiger charge is 2.24. The smallest absolute Gasteiger partial charge is 0.246 e. The Morgan fingerprint density at radius 3 is 2.75 bits per heavy atom. The van der Waals surface area contributed by atoms with Gasteiger partial charge in [-0.3, -0.25) is 4.98 Å². The summed E-state index contributed by atoms with van der Waals surface area (Å²) < 4.78 is 27.0. The van der Waals surface area contributed by atoms with Crippen molar-refractivity contribution in [2.45, 2.75) is 11.4 Å². The number of nitrogens with one attached hydrogen (secondary N) is 1. The molecule has 5 nitrogen and oxygen atoms in total. The van der Waals surface area contributed by atoms with Gasteiger partial charge in [0, 0.05) is 37.9 Å². The third-order valence-electron chi connectivity index (χ3n) is 2.75.